The molecule has 1 fully saturated rings. The molecule has 0 bridgehead atoms. The average Bonchev–Trinajstić information content (AvgIpc) is 2.74. The van der Waals surface area contributed by atoms with Gasteiger partial charge in [0.05, 0.1) is 11.7 Å². The van der Waals surface area contributed by atoms with Gasteiger partial charge < -0.3 is 15.7 Å². The molecule has 1 aliphatic heterocycles. The predicted octanol–water partition coefficient (Wildman–Crippen LogP) is 0.540. The largest absolute Gasteiger partial charge is 0.391 e. The van der Waals surface area contributed by atoms with Crippen molar-refractivity contribution in [3.05, 3.63) is 34.6 Å². The number of carbonyl (C=O) groups excluding carboxylic acids is 2. The van der Waals surface area contributed by atoms with Gasteiger partial charge in [-0.2, -0.15) is 0 Å². The zero-order chi connectivity index (χ0) is 14.2. The van der Waals surface area contributed by atoms with Crippen LogP contribution in [-0.2, 0) is 4.79 Å². The number of primary amides is 1. The maximum absolute atomic E-state index is 13.6. The minimum Gasteiger partial charge on any atom is -0.391 e. The highest BCUT2D eigenvalue weighted by Gasteiger charge is 2.38. The lowest BCUT2D eigenvalue weighted by Crippen LogP contribution is -2.44. The molecule has 2 rings (SSSR count). The van der Waals surface area contributed by atoms with E-state index in [1.807, 2.05) is 0 Å². The molecule has 5 nitrogen and oxygen atoms in total. The molecule has 19 heavy (non-hydrogen) atoms. The van der Waals surface area contributed by atoms with E-state index in [4.69, 9.17) is 17.3 Å². The number of aliphatic hydroxyl groups excluding tert-OH is 1. The Labute approximate surface area is 113 Å². The van der Waals surface area contributed by atoms with Gasteiger partial charge >= 0.3 is 0 Å². The number of nitrogens with two attached hydrogens (primary N) is 1. The molecule has 0 saturated carbocycles. The summed E-state index contributed by atoms with van der Waals surface area (Å²) in [7, 11) is 0. The van der Waals surface area contributed by atoms with Gasteiger partial charge in [-0.25, -0.2) is 4.39 Å². The van der Waals surface area contributed by atoms with E-state index in [9.17, 15) is 19.1 Å². The third kappa shape index (κ3) is 2.69. The molecule has 102 valence electrons. The Kier molecular flexibility index (Phi) is 3.73. The van der Waals surface area contributed by atoms with Crippen LogP contribution in [0.5, 0.6) is 0 Å². The number of β-amino-alcohol motifs (C(OH)–C–C–N with tert-alkyl or cyclic N) is 1. The van der Waals surface area contributed by atoms with E-state index in [1.54, 1.807) is 0 Å². The van der Waals surface area contributed by atoms with Gasteiger partial charge in [0.1, 0.15) is 11.9 Å². The van der Waals surface area contributed by atoms with Crippen LogP contribution in [0, 0.1) is 5.82 Å². The van der Waals surface area contributed by atoms with Gasteiger partial charge in [-0.15, -0.1) is 0 Å². The molecular formula is C12H12ClFN2O3. The fourth-order valence-electron chi connectivity index (χ4n) is 2.12. The van der Waals surface area contributed by atoms with Gasteiger partial charge in [-0.1, -0.05) is 11.6 Å². The van der Waals surface area contributed by atoms with E-state index in [-0.39, 0.29) is 23.6 Å². The zero-order valence-corrected chi connectivity index (χ0v) is 10.6. The Morgan fingerprint density at radius 3 is 2.79 bits per heavy atom. The van der Waals surface area contributed by atoms with Gasteiger partial charge in [-0.05, 0) is 18.2 Å². The molecule has 0 radical (unpaired) electrons. The third-order valence-corrected chi connectivity index (χ3v) is 3.26. The summed E-state index contributed by atoms with van der Waals surface area (Å²) in [5, 5.41) is 9.73. The second kappa shape index (κ2) is 5.14. The second-order valence-corrected chi connectivity index (χ2v) is 4.83. The van der Waals surface area contributed by atoms with Crippen molar-refractivity contribution < 1.29 is 19.1 Å². The van der Waals surface area contributed by atoms with Crippen LogP contribution < -0.4 is 5.73 Å². The number of amides is 2. The SMILES string of the molecule is NC(=O)C1CC(O)CN1C(=O)c1cc(Cl)ccc1F. The number of hydrogen-bond acceptors (Lipinski definition) is 3. The van der Waals surface area contributed by atoms with Crippen molar-refractivity contribution in [3.63, 3.8) is 0 Å². The average molecular weight is 287 g/mol. The first-order valence-electron chi connectivity index (χ1n) is 5.63. The molecule has 1 heterocycles. The number of nitrogens with zero attached hydrogens (tertiary/aromatic N) is 1. The summed E-state index contributed by atoms with van der Waals surface area (Å²) >= 11 is 5.72. The minimum atomic E-state index is -0.930. The molecule has 3 N–H and O–H groups in total. The topological polar surface area (TPSA) is 83.6 Å². The summed E-state index contributed by atoms with van der Waals surface area (Å²) in [6.07, 6.45) is -0.785. The number of halogens is 2. The molecule has 1 saturated heterocycles. The molecule has 7 heteroatoms. The number of likely N-dealkylation sites (tertiary alicyclic amines) is 1. The molecule has 0 aliphatic carbocycles. The number of benzene rings is 1. The van der Waals surface area contributed by atoms with E-state index in [1.165, 1.54) is 12.1 Å². The molecule has 1 aliphatic rings. The van der Waals surface area contributed by atoms with Crippen LogP contribution in [0.3, 0.4) is 0 Å². The molecule has 0 spiro atoms. The second-order valence-electron chi connectivity index (χ2n) is 4.39. The molecule has 2 unspecified atom stereocenters. The fourth-order valence-corrected chi connectivity index (χ4v) is 2.30. The van der Waals surface area contributed by atoms with Gasteiger partial charge in [-0.3, -0.25) is 9.59 Å². The normalized spacial score (nSPS) is 22.6. The molecule has 1 aromatic carbocycles. The molecule has 0 aromatic heterocycles. The summed E-state index contributed by atoms with van der Waals surface area (Å²) in [6.45, 7) is -0.0571. The maximum Gasteiger partial charge on any atom is 0.257 e. The minimum absolute atomic E-state index is 0.0571. The summed E-state index contributed by atoms with van der Waals surface area (Å²) in [6, 6.07) is 2.64. The summed E-state index contributed by atoms with van der Waals surface area (Å²) in [4.78, 5) is 24.5. The Bertz CT molecular complexity index is 538. The Hall–Kier alpha value is -1.66. The summed E-state index contributed by atoms with van der Waals surface area (Å²) < 4.78 is 13.6. The van der Waals surface area contributed by atoms with E-state index < -0.39 is 29.8 Å². The van der Waals surface area contributed by atoms with Crippen molar-refractivity contribution in [3.8, 4) is 0 Å². The number of hydrogen-bond donors (Lipinski definition) is 2. The van der Waals surface area contributed by atoms with Crippen molar-refractivity contribution in [2.24, 2.45) is 5.73 Å². The maximum atomic E-state index is 13.6. The van der Waals surface area contributed by atoms with E-state index in [2.05, 4.69) is 0 Å². The van der Waals surface area contributed by atoms with Crippen molar-refractivity contribution in [2.45, 2.75) is 18.6 Å². The van der Waals surface area contributed by atoms with Crippen molar-refractivity contribution >= 4 is 23.4 Å². The van der Waals surface area contributed by atoms with Crippen molar-refractivity contribution in [2.75, 3.05) is 6.54 Å². The first-order chi connectivity index (χ1) is 8.90. The molecular weight excluding hydrogens is 275 g/mol. The van der Waals surface area contributed by atoms with Gasteiger partial charge in [0.15, 0.2) is 0 Å². The lowest BCUT2D eigenvalue weighted by molar-refractivity contribution is -0.121. The fraction of sp³-hybridized carbons (Fsp3) is 0.333. The Morgan fingerprint density at radius 1 is 1.47 bits per heavy atom. The standard InChI is InChI=1S/C12H12ClFN2O3/c13-6-1-2-9(14)8(3-6)12(19)16-5-7(17)4-10(16)11(15)18/h1-3,7,10,17H,4-5H2,(H2,15,18). The van der Waals surface area contributed by atoms with Crippen molar-refractivity contribution in [1.82, 2.24) is 4.90 Å². The lowest BCUT2D eigenvalue weighted by atomic mass is 10.1. The van der Waals surface area contributed by atoms with E-state index in [0.29, 0.717) is 0 Å². The zero-order valence-electron chi connectivity index (χ0n) is 9.85. The van der Waals surface area contributed by atoms with Crippen LogP contribution in [0.2, 0.25) is 5.02 Å². The van der Waals surface area contributed by atoms with Crippen LogP contribution in [0.15, 0.2) is 18.2 Å². The summed E-state index contributed by atoms with van der Waals surface area (Å²) in [5.74, 6) is -2.17. The monoisotopic (exact) mass is 286 g/mol. The first kappa shape index (κ1) is 13.8. The van der Waals surface area contributed by atoms with Crippen LogP contribution in [0.1, 0.15) is 16.8 Å². The highest BCUT2D eigenvalue weighted by Crippen LogP contribution is 2.23. The van der Waals surface area contributed by atoms with Crippen LogP contribution in [-0.4, -0.2) is 40.5 Å². The number of aliphatic hydroxyl groups is 1. The van der Waals surface area contributed by atoms with Gasteiger partial charge in [0.25, 0.3) is 5.91 Å². The quantitative estimate of drug-likeness (QED) is 0.832. The Balaban J connectivity index is 2.33. The third-order valence-electron chi connectivity index (χ3n) is 3.03. The van der Waals surface area contributed by atoms with Crippen LogP contribution in [0.25, 0.3) is 0 Å². The first-order valence-corrected chi connectivity index (χ1v) is 6.01. The van der Waals surface area contributed by atoms with Crippen LogP contribution in [0.4, 0.5) is 4.39 Å². The predicted molar refractivity (Wildman–Crippen MR) is 66.1 cm³/mol. The van der Waals surface area contributed by atoms with Gasteiger partial charge in [0, 0.05) is 18.0 Å². The number of rotatable bonds is 2. The van der Waals surface area contributed by atoms with E-state index >= 15 is 0 Å². The van der Waals surface area contributed by atoms with E-state index in [0.717, 1.165) is 11.0 Å². The number of carbonyl (C=O) groups is 2. The lowest BCUT2D eigenvalue weighted by Gasteiger charge is -2.22. The highest BCUT2D eigenvalue weighted by atomic mass is 35.5. The smallest absolute Gasteiger partial charge is 0.257 e. The molecule has 2 atom stereocenters. The molecule has 1 aromatic rings. The van der Waals surface area contributed by atoms with Crippen molar-refractivity contribution in [1.29, 1.82) is 0 Å². The van der Waals surface area contributed by atoms with Gasteiger partial charge in [0.2, 0.25) is 5.91 Å². The van der Waals surface area contributed by atoms with Crippen LogP contribution >= 0.6 is 11.6 Å². The molecule has 2 amide bonds. The summed E-state index contributed by atoms with van der Waals surface area (Å²) in [5.41, 5.74) is 4.93. The Morgan fingerprint density at radius 2 is 2.16 bits per heavy atom. The highest BCUT2D eigenvalue weighted by molar-refractivity contribution is 6.31.